The molecule has 182 valence electrons. The summed E-state index contributed by atoms with van der Waals surface area (Å²) < 4.78 is 11.3. The highest BCUT2D eigenvalue weighted by Gasteiger charge is 2.34. The van der Waals surface area contributed by atoms with Crippen LogP contribution in [-0.4, -0.2) is 29.9 Å². The van der Waals surface area contributed by atoms with Gasteiger partial charge in [-0.2, -0.15) is 0 Å². The fraction of sp³-hybridized carbons (Fsp3) is 0.310. The van der Waals surface area contributed by atoms with E-state index in [4.69, 9.17) is 9.47 Å². The minimum Gasteiger partial charge on any atom is -0.497 e. The predicted octanol–water partition coefficient (Wildman–Crippen LogP) is 5.53. The van der Waals surface area contributed by atoms with E-state index in [1.165, 1.54) is 0 Å². The Morgan fingerprint density at radius 1 is 1.09 bits per heavy atom. The van der Waals surface area contributed by atoms with Crippen LogP contribution in [0.4, 0.5) is 5.69 Å². The van der Waals surface area contributed by atoms with Crippen LogP contribution in [0.25, 0.3) is 0 Å². The van der Waals surface area contributed by atoms with E-state index in [2.05, 4.69) is 24.4 Å². The van der Waals surface area contributed by atoms with Gasteiger partial charge in [-0.3, -0.25) is 9.59 Å². The summed E-state index contributed by atoms with van der Waals surface area (Å²) in [5.41, 5.74) is 3.56. The van der Waals surface area contributed by atoms with Gasteiger partial charge >= 0.3 is 0 Å². The summed E-state index contributed by atoms with van der Waals surface area (Å²) in [7, 11) is 1.61. The quantitative estimate of drug-likeness (QED) is 0.468. The molecule has 6 heteroatoms. The standard InChI is InChI=1S/C29H32N2O4/c1-4-25(21-9-7-6-8-10-21)31-19-22-18-23(13-16-27(22)35-26(5-2)29(31)33)30-28(32)17-20-11-14-24(34-3)15-12-20/h6-16,18,25-26H,4-5,17,19H2,1-3H3,(H,30,32)/t25-,26+/m1/s1. The van der Waals surface area contributed by atoms with Crippen molar-refractivity contribution >= 4 is 17.5 Å². The predicted molar refractivity (Wildman–Crippen MR) is 137 cm³/mol. The number of nitrogens with zero attached hydrogens (tertiary/aromatic N) is 1. The molecule has 2 atom stereocenters. The van der Waals surface area contributed by atoms with Gasteiger partial charge < -0.3 is 19.7 Å². The molecule has 0 aliphatic carbocycles. The number of carbonyl (C=O) groups excluding carboxylic acids is 2. The van der Waals surface area contributed by atoms with Crippen LogP contribution in [0, 0.1) is 0 Å². The van der Waals surface area contributed by atoms with Crippen molar-refractivity contribution in [1.82, 2.24) is 4.90 Å². The molecule has 6 nitrogen and oxygen atoms in total. The average molecular weight is 473 g/mol. The van der Waals surface area contributed by atoms with Crippen molar-refractivity contribution in [3.63, 3.8) is 0 Å². The Balaban J connectivity index is 1.56. The number of fused-ring (bicyclic) bond motifs is 1. The molecule has 1 aliphatic rings. The maximum Gasteiger partial charge on any atom is 0.264 e. The molecule has 0 radical (unpaired) electrons. The van der Waals surface area contributed by atoms with E-state index < -0.39 is 6.10 Å². The van der Waals surface area contributed by atoms with E-state index in [-0.39, 0.29) is 24.3 Å². The number of rotatable bonds is 8. The third kappa shape index (κ3) is 5.65. The van der Waals surface area contributed by atoms with Gasteiger partial charge in [-0.15, -0.1) is 0 Å². The van der Waals surface area contributed by atoms with Crippen LogP contribution in [0.3, 0.4) is 0 Å². The number of amides is 2. The number of nitrogens with one attached hydrogen (secondary N) is 1. The maximum atomic E-state index is 13.5. The smallest absolute Gasteiger partial charge is 0.264 e. The number of benzene rings is 3. The highest BCUT2D eigenvalue weighted by molar-refractivity contribution is 5.92. The Labute approximate surface area is 206 Å². The van der Waals surface area contributed by atoms with Crippen LogP contribution in [0.1, 0.15) is 49.4 Å². The lowest BCUT2D eigenvalue weighted by atomic mass is 10.0. The number of anilines is 1. The van der Waals surface area contributed by atoms with Gasteiger partial charge in [-0.1, -0.05) is 56.3 Å². The van der Waals surface area contributed by atoms with Gasteiger partial charge in [0.05, 0.1) is 26.1 Å². The zero-order valence-electron chi connectivity index (χ0n) is 20.5. The van der Waals surface area contributed by atoms with Crippen LogP contribution in [0.15, 0.2) is 72.8 Å². The minimum absolute atomic E-state index is 0.00973. The van der Waals surface area contributed by atoms with E-state index in [0.29, 0.717) is 24.4 Å². The molecule has 1 heterocycles. The van der Waals surface area contributed by atoms with Gasteiger partial charge in [0.15, 0.2) is 6.10 Å². The number of carbonyl (C=O) groups is 2. The molecule has 0 aromatic heterocycles. The molecule has 2 amide bonds. The zero-order valence-corrected chi connectivity index (χ0v) is 20.5. The second kappa shape index (κ2) is 11.1. The molecule has 1 N–H and O–H groups in total. The lowest BCUT2D eigenvalue weighted by molar-refractivity contribution is -0.141. The molecule has 3 aromatic carbocycles. The van der Waals surface area contributed by atoms with Gasteiger partial charge in [0, 0.05) is 11.3 Å². The van der Waals surface area contributed by atoms with Crippen LogP contribution >= 0.6 is 0 Å². The third-order valence-electron chi connectivity index (χ3n) is 6.35. The first-order chi connectivity index (χ1) is 17.0. The van der Waals surface area contributed by atoms with Gasteiger partial charge in [-0.25, -0.2) is 0 Å². The SMILES string of the molecule is CC[C@@H]1Oc2ccc(NC(=O)Cc3ccc(OC)cc3)cc2CN([C@H](CC)c2ccccc2)C1=O. The third-order valence-corrected chi connectivity index (χ3v) is 6.35. The van der Waals surface area contributed by atoms with Crippen LogP contribution in [0.2, 0.25) is 0 Å². The second-order valence-corrected chi connectivity index (χ2v) is 8.71. The fourth-order valence-electron chi connectivity index (χ4n) is 4.51. The molecule has 1 aliphatic heterocycles. The summed E-state index contributed by atoms with van der Waals surface area (Å²) in [5.74, 6) is 1.32. The van der Waals surface area contributed by atoms with Crippen molar-refractivity contribution in [1.29, 1.82) is 0 Å². The van der Waals surface area contributed by atoms with Crippen molar-refractivity contribution in [3.8, 4) is 11.5 Å². The highest BCUT2D eigenvalue weighted by atomic mass is 16.5. The molecule has 0 unspecified atom stereocenters. The Bertz CT molecular complexity index is 1160. The zero-order chi connectivity index (χ0) is 24.8. The van der Waals surface area contributed by atoms with Crippen LogP contribution < -0.4 is 14.8 Å². The Hall–Kier alpha value is -3.80. The van der Waals surface area contributed by atoms with E-state index in [0.717, 1.165) is 28.9 Å². The molecule has 4 rings (SSSR count). The molecule has 0 spiro atoms. The normalized spacial score (nSPS) is 16.0. The van der Waals surface area contributed by atoms with Gasteiger partial charge in [0.25, 0.3) is 5.91 Å². The first-order valence-corrected chi connectivity index (χ1v) is 12.1. The minimum atomic E-state index is -0.537. The summed E-state index contributed by atoms with van der Waals surface area (Å²) >= 11 is 0. The second-order valence-electron chi connectivity index (χ2n) is 8.71. The maximum absolute atomic E-state index is 13.5. The monoisotopic (exact) mass is 472 g/mol. The largest absolute Gasteiger partial charge is 0.497 e. The lowest BCUT2D eigenvalue weighted by Gasteiger charge is -2.32. The van der Waals surface area contributed by atoms with Crippen molar-refractivity contribution in [2.24, 2.45) is 0 Å². The molecular formula is C29H32N2O4. The fourth-order valence-corrected chi connectivity index (χ4v) is 4.51. The first kappa shape index (κ1) is 24.3. The highest BCUT2D eigenvalue weighted by Crippen LogP contribution is 2.34. The number of methoxy groups -OCH3 is 1. The number of ether oxygens (including phenoxy) is 2. The molecule has 0 saturated heterocycles. The first-order valence-electron chi connectivity index (χ1n) is 12.1. The number of hydrogen-bond acceptors (Lipinski definition) is 4. The van der Waals surface area contributed by atoms with Gasteiger partial charge in [0.2, 0.25) is 5.91 Å². The molecule has 0 saturated carbocycles. The van der Waals surface area contributed by atoms with Crippen LogP contribution in [-0.2, 0) is 22.6 Å². The number of hydrogen-bond donors (Lipinski definition) is 1. The van der Waals surface area contributed by atoms with Crippen LogP contribution in [0.5, 0.6) is 11.5 Å². The van der Waals surface area contributed by atoms with Crippen molar-refractivity contribution in [2.45, 2.75) is 51.8 Å². The Kier molecular flexibility index (Phi) is 7.70. The van der Waals surface area contributed by atoms with E-state index in [1.54, 1.807) is 7.11 Å². The van der Waals surface area contributed by atoms with Crippen molar-refractivity contribution in [2.75, 3.05) is 12.4 Å². The summed E-state index contributed by atoms with van der Waals surface area (Å²) in [4.78, 5) is 28.1. The molecular weight excluding hydrogens is 440 g/mol. The van der Waals surface area contributed by atoms with E-state index in [1.807, 2.05) is 72.5 Å². The average Bonchev–Trinajstić information content (AvgIpc) is 3.01. The summed E-state index contributed by atoms with van der Waals surface area (Å²) in [6, 6.07) is 23.1. The molecule has 3 aromatic rings. The van der Waals surface area contributed by atoms with E-state index in [9.17, 15) is 9.59 Å². The summed E-state index contributed by atoms with van der Waals surface area (Å²) in [6.07, 6.45) is 1.09. The Morgan fingerprint density at radius 2 is 1.83 bits per heavy atom. The molecule has 0 fully saturated rings. The molecule has 35 heavy (non-hydrogen) atoms. The van der Waals surface area contributed by atoms with Crippen molar-refractivity contribution in [3.05, 3.63) is 89.5 Å². The van der Waals surface area contributed by atoms with Gasteiger partial charge in [0.1, 0.15) is 11.5 Å². The summed E-state index contributed by atoms with van der Waals surface area (Å²) in [5, 5.41) is 2.99. The summed E-state index contributed by atoms with van der Waals surface area (Å²) in [6.45, 7) is 4.47. The molecule has 0 bridgehead atoms. The van der Waals surface area contributed by atoms with Gasteiger partial charge in [-0.05, 0) is 54.3 Å². The van der Waals surface area contributed by atoms with E-state index >= 15 is 0 Å². The van der Waals surface area contributed by atoms with Crippen molar-refractivity contribution < 1.29 is 19.1 Å². The Morgan fingerprint density at radius 3 is 2.49 bits per heavy atom. The topological polar surface area (TPSA) is 67.9 Å². The lowest BCUT2D eigenvalue weighted by Crippen LogP contribution is -2.41.